The summed E-state index contributed by atoms with van der Waals surface area (Å²) in [7, 11) is 0. The molecule has 2 amide bonds. The minimum atomic E-state index is -0.0148. The maximum Gasteiger partial charge on any atom is 0.321 e. The van der Waals surface area contributed by atoms with Crippen LogP contribution in [0.2, 0.25) is 0 Å². The van der Waals surface area contributed by atoms with Crippen molar-refractivity contribution < 1.29 is 4.79 Å². The molecule has 0 spiro atoms. The van der Waals surface area contributed by atoms with Gasteiger partial charge in [-0.05, 0) is 32.9 Å². The normalized spacial score (nSPS) is 23.8. The average Bonchev–Trinajstić information content (AvgIpc) is 2.31. The zero-order valence-corrected chi connectivity index (χ0v) is 11.2. The molecule has 1 aliphatic rings. The van der Waals surface area contributed by atoms with Crippen LogP contribution in [-0.4, -0.2) is 36.1 Å². The summed E-state index contributed by atoms with van der Waals surface area (Å²) < 4.78 is 0. The number of nitrogens with one attached hydrogen (secondary N) is 2. The molecule has 0 saturated carbocycles. The molecule has 0 radical (unpaired) electrons. The summed E-state index contributed by atoms with van der Waals surface area (Å²) >= 11 is 0. The van der Waals surface area contributed by atoms with Crippen LogP contribution in [0.4, 0.5) is 10.5 Å². The van der Waals surface area contributed by atoms with Gasteiger partial charge in [-0.1, -0.05) is 17.7 Å². The summed E-state index contributed by atoms with van der Waals surface area (Å²) in [4.78, 5) is 14.0. The highest BCUT2D eigenvalue weighted by atomic mass is 16.2. The van der Waals surface area contributed by atoms with Gasteiger partial charge in [0.05, 0.1) is 0 Å². The topological polar surface area (TPSA) is 44.4 Å². The Bertz CT molecular complexity index is 406. The third-order valence-electron chi connectivity index (χ3n) is 3.15. The molecular formula is C14H21N3O. The maximum absolute atomic E-state index is 12.1. The number of carbonyl (C=O) groups excluding carboxylic acids is 1. The molecule has 4 nitrogen and oxygen atoms in total. The Kier molecular flexibility index (Phi) is 3.87. The molecule has 1 fully saturated rings. The molecule has 0 aliphatic carbocycles. The number of hydrogen-bond donors (Lipinski definition) is 2. The molecular weight excluding hydrogens is 226 g/mol. The monoisotopic (exact) mass is 247 g/mol. The van der Waals surface area contributed by atoms with Gasteiger partial charge in [-0.3, -0.25) is 0 Å². The predicted molar refractivity (Wildman–Crippen MR) is 73.8 cm³/mol. The van der Waals surface area contributed by atoms with Gasteiger partial charge in [-0.2, -0.15) is 0 Å². The molecule has 18 heavy (non-hydrogen) atoms. The van der Waals surface area contributed by atoms with Gasteiger partial charge in [0.1, 0.15) is 0 Å². The number of aryl methyl sites for hydroxylation is 1. The molecule has 0 bridgehead atoms. The summed E-state index contributed by atoms with van der Waals surface area (Å²) in [6.07, 6.45) is 0. The molecule has 2 unspecified atom stereocenters. The van der Waals surface area contributed by atoms with E-state index in [0.717, 1.165) is 18.8 Å². The Labute approximate surface area is 108 Å². The number of urea groups is 1. The number of benzene rings is 1. The predicted octanol–water partition coefficient (Wildman–Crippen LogP) is 2.21. The van der Waals surface area contributed by atoms with Crippen molar-refractivity contribution in [1.29, 1.82) is 0 Å². The molecule has 2 rings (SSSR count). The summed E-state index contributed by atoms with van der Waals surface area (Å²) in [6.45, 7) is 7.74. The van der Waals surface area contributed by atoms with Crippen LogP contribution in [-0.2, 0) is 0 Å². The van der Waals surface area contributed by atoms with E-state index in [4.69, 9.17) is 0 Å². The molecule has 1 aliphatic heterocycles. The van der Waals surface area contributed by atoms with Gasteiger partial charge in [0.15, 0.2) is 0 Å². The molecule has 1 aromatic rings. The zero-order valence-electron chi connectivity index (χ0n) is 11.2. The highest BCUT2D eigenvalue weighted by Gasteiger charge is 2.24. The molecule has 1 saturated heterocycles. The first kappa shape index (κ1) is 12.9. The van der Waals surface area contributed by atoms with E-state index in [0.29, 0.717) is 12.1 Å². The van der Waals surface area contributed by atoms with Crippen molar-refractivity contribution in [2.75, 3.05) is 18.4 Å². The van der Waals surface area contributed by atoms with Crippen LogP contribution in [0.1, 0.15) is 19.4 Å². The van der Waals surface area contributed by atoms with Crippen molar-refractivity contribution in [2.45, 2.75) is 32.9 Å². The van der Waals surface area contributed by atoms with E-state index in [-0.39, 0.29) is 6.03 Å². The second-order valence-electron chi connectivity index (χ2n) is 5.17. The summed E-state index contributed by atoms with van der Waals surface area (Å²) in [5.74, 6) is 0. The van der Waals surface area contributed by atoms with E-state index in [1.807, 2.05) is 36.1 Å². The molecule has 1 aromatic carbocycles. The number of amides is 2. The van der Waals surface area contributed by atoms with Gasteiger partial charge in [-0.15, -0.1) is 0 Å². The number of rotatable bonds is 1. The fraction of sp³-hybridized carbons (Fsp3) is 0.500. The van der Waals surface area contributed by atoms with Gasteiger partial charge < -0.3 is 15.5 Å². The van der Waals surface area contributed by atoms with Crippen LogP contribution in [0.25, 0.3) is 0 Å². The Morgan fingerprint density at radius 1 is 1.22 bits per heavy atom. The Hall–Kier alpha value is -1.55. The lowest BCUT2D eigenvalue weighted by Crippen LogP contribution is -2.56. The first-order valence-electron chi connectivity index (χ1n) is 6.43. The van der Waals surface area contributed by atoms with E-state index >= 15 is 0 Å². The van der Waals surface area contributed by atoms with E-state index in [1.165, 1.54) is 5.56 Å². The summed E-state index contributed by atoms with van der Waals surface area (Å²) in [5.41, 5.74) is 2.04. The molecule has 98 valence electrons. The van der Waals surface area contributed by atoms with Gasteiger partial charge in [0, 0.05) is 30.9 Å². The number of hydrogen-bond acceptors (Lipinski definition) is 2. The van der Waals surface area contributed by atoms with Crippen molar-refractivity contribution in [1.82, 2.24) is 10.2 Å². The van der Waals surface area contributed by atoms with Crippen LogP contribution in [0, 0.1) is 6.92 Å². The molecule has 4 heteroatoms. The Morgan fingerprint density at radius 3 is 2.33 bits per heavy atom. The van der Waals surface area contributed by atoms with E-state index in [9.17, 15) is 4.79 Å². The first-order chi connectivity index (χ1) is 8.54. The van der Waals surface area contributed by atoms with Crippen molar-refractivity contribution in [3.63, 3.8) is 0 Å². The second-order valence-corrected chi connectivity index (χ2v) is 5.17. The second kappa shape index (κ2) is 5.40. The van der Waals surface area contributed by atoms with E-state index in [1.54, 1.807) is 0 Å². The molecule has 1 heterocycles. The molecule has 2 N–H and O–H groups in total. The van der Waals surface area contributed by atoms with Gasteiger partial charge in [0.2, 0.25) is 0 Å². The van der Waals surface area contributed by atoms with Crippen LogP contribution in [0.15, 0.2) is 24.3 Å². The number of carbonyl (C=O) groups is 1. The summed E-state index contributed by atoms with van der Waals surface area (Å²) in [6, 6.07) is 8.54. The number of nitrogens with zero attached hydrogens (tertiary/aromatic N) is 1. The highest BCUT2D eigenvalue weighted by Crippen LogP contribution is 2.11. The lowest BCUT2D eigenvalue weighted by Gasteiger charge is -2.36. The van der Waals surface area contributed by atoms with Crippen LogP contribution < -0.4 is 10.6 Å². The third kappa shape index (κ3) is 3.23. The first-order valence-corrected chi connectivity index (χ1v) is 6.43. The quantitative estimate of drug-likeness (QED) is 0.799. The van der Waals surface area contributed by atoms with Gasteiger partial charge in [0.25, 0.3) is 0 Å². The lowest BCUT2D eigenvalue weighted by molar-refractivity contribution is 0.176. The molecule has 0 aromatic heterocycles. The lowest BCUT2D eigenvalue weighted by atomic mass is 10.1. The standard InChI is InChI=1S/C14H21N3O/c1-10-4-6-13(7-5-10)16-14(18)17-8-11(2)15-12(3)9-17/h4-7,11-12,15H,8-9H2,1-3H3,(H,16,18). The third-order valence-corrected chi connectivity index (χ3v) is 3.15. The minimum absolute atomic E-state index is 0.0148. The minimum Gasteiger partial charge on any atom is -0.321 e. The Balaban J connectivity index is 1.97. The summed E-state index contributed by atoms with van der Waals surface area (Å²) in [5, 5.41) is 6.35. The number of piperazine rings is 1. The maximum atomic E-state index is 12.1. The van der Waals surface area contributed by atoms with Crippen LogP contribution in [0.5, 0.6) is 0 Å². The SMILES string of the molecule is Cc1ccc(NC(=O)N2CC(C)NC(C)C2)cc1. The van der Waals surface area contributed by atoms with Crippen molar-refractivity contribution >= 4 is 11.7 Å². The number of anilines is 1. The van der Waals surface area contributed by atoms with Crippen LogP contribution >= 0.6 is 0 Å². The van der Waals surface area contributed by atoms with E-state index in [2.05, 4.69) is 24.5 Å². The average molecular weight is 247 g/mol. The highest BCUT2D eigenvalue weighted by molar-refractivity contribution is 5.89. The fourth-order valence-corrected chi connectivity index (χ4v) is 2.33. The zero-order chi connectivity index (χ0) is 13.1. The smallest absolute Gasteiger partial charge is 0.321 e. The fourth-order valence-electron chi connectivity index (χ4n) is 2.33. The molecule has 2 atom stereocenters. The van der Waals surface area contributed by atoms with Crippen molar-refractivity contribution in [3.8, 4) is 0 Å². The Morgan fingerprint density at radius 2 is 1.78 bits per heavy atom. The van der Waals surface area contributed by atoms with Crippen molar-refractivity contribution in [3.05, 3.63) is 29.8 Å². The van der Waals surface area contributed by atoms with Gasteiger partial charge in [-0.25, -0.2) is 4.79 Å². The van der Waals surface area contributed by atoms with E-state index < -0.39 is 0 Å². The largest absolute Gasteiger partial charge is 0.321 e. The van der Waals surface area contributed by atoms with Gasteiger partial charge >= 0.3 is 6.03 Å². The van der Waals surface area contributed by atoms with Crippen molar-refractivity contribution in [2.24, 2.45) is 0 Å². The van der Waals surface area contributed by atoms with Crippen LogP contribution in [0.3, 0.4) is 0 Å².